The van der Waals surface area contributed by atoms with E-state index in [1.807, 2.05) is 13.1 Å². The van der Waals surface area contributed by atoms with Gasteiger partial charge in [-0.1, -0.05) is 17.7 Å². The van der Waals surface area contributed by atoms with Crippen molar-refractivity contribution >= 4 is 11.6 Å². The molecular formula is C13H18ClNO. The van der Waals surface area contributed by atoms with Crippen molar-refractivity contribution in [1.29, 1.82) is 0 Å². The zero-order valence-electron chi connectivity index (χ0n) is 9.79. The molecule has 3 heteroatoms. The Morgan fingerprint density at radius 2 is 2.31 bits per heavy atom. The smallest absolute Gasteiger partial charge is 0.0513 e. The van der Waals surface area contributed by atoms with Crippen LogP contribution in [0.15, 0.2) is 18.2 Å². The summed E-state index contributed by atoms with van der Waals surface area (Å²) in [6.07, 6.45) is 1.12. The monoisotopic (exact) mass is 239 g/mol. The Hall–Kier alpha value is -0.570. The Morgan fingerprint density at radius 1 is 1.50 bits per heavy atom. The number of nitrogens with one attached hydrogen (secondary N) is 1. The topological polar surface area (TPSA) is 21.3 Å². The SMILES string of the molecule is CNC(c1cc(Cl)ccc1C)C1CCOC1. The second kappa shape index (κ2) is 5.17. The lowest BCUT2D eigenvalue weighted by molar-refractivity contribution is 0.177. The van der Waals surface area contributed by atoms with Crippen molar-refractivity contribution in [2.45, 2.75) is 19.4 Å². The summed E-state index contributed by atoms with van der Waals surface area (Å²) in [5, 5.41) is 4.20. The van der Waals surface area contributed by atoms with Crippen molar-refractivity contribution in [3.05, 3.63) is 34.3 Å². The molecule has 1 saturated heterocycles. The molecule has 2 rings (SSSR count). The van der Waals surface area contributed by atoms with Gasteiger partial charge in [-0.05, 0) is 43.7 Å². The molecule has 1 heterocycles. The molecule has 0 saturated carbocycles. The highest BCUT2D eigenvalue weighted by atomic mass is 35.5. The molecule has 2 unspecified atom stereocenters. The van der Waals surface area contributed by atoms with Crippen LogP contribution in [0.1, 0.15) is 23.6 Å². The summed E-state index contributed by atoms with van der Waals surface area (Å²) in [5.74, 6) is 0.558. The lowest BCUT2D eigenvalue weighted by Crippen LogP contribution is -2.26. The van der Waals surface area contributed by atoms with Gasteiger partial charge in [-0.25, -0.2) is 0 Å². The Labute approximate surface area is 102 Å². The summed E-state index contributed by atoms with van der Waals surface area (Å²) in [5.41, 5.74) is 2.58. The minimum atomic E-state index is 0.348. The van der Waals surface area contributed by atoms with Crippen LogP contribution in [0.3, 0.4) is 0 Å². The molecule has 88 valence electrons. The van der Waals surface area contributed by atoms with Crippen LogP contribution >= 0.6 is 11.6 Å². The molecule has 0 amide bonds. The molecule has 1 N–H and O–H groups in total. The molecule has 2 nitrogen and oxygen atoms in total. The van der Waals surface area contributed by atoms with Gasteiger partial charge in [-0.3, -0.25) is 0 Å². The van der Waals surface area contributed by atoms with Crippen LogP contribution in [-0.4, -0.2) is 20.3 Å². The van der Waals surface area contributed by atoms with Crippen LogP contribution in [0, 0.1) is 12.8 Å². The van der Waals surface area contributed by atoms with Crippen LogP contribution in [0.25, 0.3) is 0 Å². The number of benzene rings is 1. The summed E-state index contributed by atoms with van der Waals surface area (Å²) >= 11 is 6.07. The van der Waals surface area contributed by atoms with E-state index in [1.54, 1.807) is 0 Å². The zero-order chi connectivity index (χ0) is 11.5. The number of hydrogen-bond donors (Lipinski definition) is 1. The minimum Gasteiger partial charge on any atom is -0.381 e. The largest absolute Gasteiger partial charge is 0.381 e. The van der Waals surface area contributed by atoms with Gasteiger partial charge in [0, 0.05) is 23.6 Å². The molecule has 1 fully saturated rings. The summed E-state index contributed by atoms with van der Waals surface area (Å²) < 4.78 is 5.46. The molecule has 1 aliphatic heterocycles. The van der Waals surface area contributed by atoms with Crippen LogP contribution in [0.5, 0.6) is 0 Å². The van der Waals surface area contributed by atoms with Gasteiger partial charge in [0.05, 0.1) is 6.61 Å². The molecule has 2 atom stereocenters. The first-order valence-electron chi connectivity index (χ1n) is 5.73. The second-order valence-electron chi connectivity index (χ2n) is 4.39. The molecule has 1 aliphatic rings. The molecule has 0 aromatic heterocycles. The molecule has 1 aromatic rings. The van der Waals surface area contributed by atoms with Crippen LogP contribution < -0.4 is 5.32 Å². The van der Waals surface area contributed by atoms with Gasteiger partial charge < -0.3 is 10.1 Å². The van der Waals surface area contributed by atoms with Gasteiger partial charge in [0.15, 0.2) is 0 Å². The van der Waals surface area contributed by atoms with E-state index in [0.717, 1.165) is 24.7 Å². The quantitative estimate of drug-likeness (QED) is 0.876. The van der Waals surface area contributed by atoms with E-state index in [0.29, 0.717) is 12.0 Å². The van der Waals surface area contributed by atoms with Crippen molar-refractivity contribution in [3.8, 4) is 0 Å². The van der Waals surface area contributed by atoms with Crippen LogP contribution in [0.4, 0.5) is 0 Å². The third kappa shape index (κ3) is 2.40. The zero-order valence-corrected chi connectivity index (χ0v) is 10.6. The fraction of sp³-hybridized carbons (Fsp3) is 0.538. The Balaban J connectivity index is 2.28. The number of ether oxygens (including phenoxy) is 1. The van der Waals surface area contributed by atoms with E-state index in [-0.39, 0.29) is 0 Å². The molecule has 0 radical (unpaired) electrons. The van der Waals surface area contributed by atoms with Gasteiger partial charge in [0.1, 0.15) is 0 Å². The van der Waals surface area contributed by atoms with Crippen molar-refractivity contribution in [3.63, 3.8) is 0 Å². The van der Waals surface area contributed by atoms with E-state index in [4.69, 9.17) is 16.3 Å². The third-order valence-electron chi connectivity index (χ3n) is 3.32. The maximum Gasteiger partial charge on any atom is 0.0513 e. The highest BCUT2D eigenvalue weighted by Gasteiger charge is 2.26. The van der Waals surface area contributed by atoms with Gasteiger partial charge in [-0.2, -0.15) is 0 Å². The number of aryl methyl sites for hydroxylation is 1. The normalized spacial score (nSPS) is 22.3. The average Bonchev–Trinajstić information content (AvgIpc) is 2.78. The van der Waals surface area contributed by atoms with E-state index in [9.17, 15) is 0 Å². The first-order valence-corrected chi connectivity index (χ1v) is 6.11. The van der Waals surface area contributed by atoms with Crippen molar-refractivity contribution < 1.29 is 4.74 Å². The van der Waals surface area contributed by atoms with Gasteiger partial charge in [-0.15, -0.1) is 0 Å². The molecular weight excluding hydrogens is 222 g/mol. The highest BCUT2D eigenvalue weighted by Crippen LogP contribution is 2.31. The maximum absolute atomic E-state index is 6.07. The first kappa shape index (κ1) is 11.9. The fourth-order valence-corrected chi connectivity index (χ4v) is 2.59. The summed E-state index contributed by atoms with van der Waals surface area (Å²) in [6.45, 7) is 3.85. The van der Waals surface area contributed by atoms with Crippen LogP contribution in [0.2, 0.25) is 5.02 Å². The second-order valence-corrected chi connectivity index (χ2v) is 4.83. The minimum absolute atomic E-state index is 0.348. The van der Waals surface area contributed by atoms with E-state index in [1.165, 1.54) is 11.1 Å². The summed E-state index contributed by atoms with van der Waals surface area (Å²) in [4.78, 5) is 0. The van der Waals surface area contributed by atoms with Gasteiger partial charge in [0.25, 0.3) is 0 Å². The molecule has 0 bridgehead atoms. The maximum atomic E-state index is 6.07. The first-order chi connectivity index (χ1) is 7.72. The molecule has 0 aliphatic carbocycles. The van der Waals surface area contributed by atoms with Crippen LogP contribution in [-0.2, 0) is 4.74 Å². The number of halogens is 1. The fourth-order valence-electron chi connectivity index (χ4n) is 2.41. The van der Waals surface area contributed by atoms with Crippen molar-refractivity contribution in [2.75, 3.05) is 20.3 Å². The van der Waals surface area contributed by atoms with Crippen molar-refractivity contribution in [1.82, 2.24) is 5.32 Å². The van der Waals surface area contributed by atoms with E-state index in [2.05, 4.69) is 24.4 Å². The van der Waals surface area contributed by atoms with Crippen molar-refractivity contribution in [2.24, 2.45) is 5.92 Å². The Bertz CT molecular complexity index is 361. The third-order valence-corrected chi connectivity index (χ3v) is 3.56. The van der Waals surface area contributed by atoms with Gasteiger partial charge >= 0.3 is 0 Å². The lowest BCUT2D eigenvalue weighted by atomic mass is 9.90. The highest BCUT2D eigenvalue weighted by molar-refractivity contribution is 6.30. The molecule has 16 heavy (non-hydrogen) atoms. The molecule has 0 spiro atoms. The standard InChI is InChI=1S/C13H18ClNO/c1-9-3-4-11(14)7-12(9)13(15-2)10-5-6-16-8-10/h3-4,7,10,13,15H,5-6,8H2,1-2H3. The lowest BCUT2D eigenvalue weighted by Gasteiger charge is -2.24. The Kier molecular flexibility index (Phi) is 3.85. The van der Waals surface area contributed by atoms with Gasteiger partial charge in [0.2, 0.25) is 0 Å². The predicted molar refractivity (Wildman–Crippen MR) is 66.9 cm³/mol. The summed E-state index contributed by atoms with van der Waals surface area (Å²) in [7, 11) is 2.00. The molecule has 1 aromatic carbocycles. The van der Waals surface area contributed by atoms with E-state index >= 15 is 0 Å². The number of rotatable bonds is 3. The predicted octanol–water partition coefficient (Wildman–Crippen LogP) is 2.95. The number of hydrogen-bond acceptors (Lipinski definition) is 2. The van der Waals surface area contributed by atoms with E-state index < -0.39 is 0 Å². The Morgan fingerprint density at radius 3 is 2.94 bits per heavy atom. The summed E-state index contributed by atoms with van der Waals surface area (Å²) in [6, 6.07) is 6.44. The average molecular weight is 240 g/mol.